The Labute approximate surface area is 48.2 Å². The van der Waals surface area contributed by atoms with Gasteiger partial charge in [0.2, 0.25) is 0 Å². The molecular weight excluding hydrogens is 108 g/mol. The van der Waals surface area contributed by atoms with Gasteiger partial charge >= 0.3 is 0 Å². The van der Waals surface area contributed by atoms with Crippen molar-refractivity contribution in [3.63, 3.8) is 0 Å². The number of aliphatic hydroxyl groups is 1. The van der Waals surface area contributed by atoms with Crippen LogP contribution in [-0.4, -0.2) is 37.6 Å². The topological polar surface area (TPSA) is 42.0 Å². The molecule has 0 amide bonds. The van der Waals surface area contributed by atoms with Gasteiger partial charge in [0.1, 0.15) is 12.2 Å². The fraction of sp³-hybridized carbons (Fsp3) is 1.00. The highest BCUT2D eigenvalue weighted by atomic mass is 16.6. The highest BCUT2D eigenvalue weighted by molar-refractivity contribution is 4.83. The van der Waals surface area contributed by atoms with Crippen LogP contribution in [0.3, 0.4) is 0 Å². The van der Waals surface area contributed by atoms with Crippen LogP contribution in [0.25, 0.3) is 0 Å². The molecule has 0 saturated carbocycles. The van der Waals surface area contributed by atoms with Crippen LogP contribution in [-0.2, 0) is 9.47 Å². The van der Waals surface area contributed by atoms with Gasteiger partial charge in [-0.15, -0.1) is 0 Å². The Kier molecular flexibility index (Phi) is 1.83. The third-order valence-corrected chi connectivity index (χ3v) is 1.20. The van der Waals surface area contributed by atoms with E-state index in [4.69, 9.17) is 14.6 Å². The summed E-state index contributed by atoms with van der Waals surface area (Å²) < 4.78 is 9.69. The van der Waals surface area contributed by atoms with Gasteiger partial charge in [-0.05, 0) is 0 Å². The zero-order valence-electron chi connectivity index (χ0n) is 4.83. The second-order valence-electron chi connectivity index (χ2n) is 1.85. The lowest BCUT2D eigenvalue weighted by Crippen LogP contribution is -2.04. The van der Waals surface area contributed by atoms with Gasteiger partial charge in [0, 0.05) is 7.11 Å². The van der Waals surface area contributed by atoms with Gasteiger partial charge in [-0.25, -0.2) is 0 Å². The maximum atomic E-state index is 8.42. The number of aliphatic hydroxyl groups excluding tert-OH is 1. The monoisotopic (exact) mass is 118 g/mol. The molecule has 0 aliphatic carbocycles. The van der Waals surface area contributed by atoms with Crippen molar-refractivity contribution in [1.82, 2.24) is 0 Å². The molecule has 0 aromatic heterocycles. The molecule has 2 atom stereocenters. The number of methoxy groups -OCH3 is 1. The molecule has 0 bridgehead atoms. The molecule has 1 N–H and O–H groups in total. The highest BCUT2D eigenvalue weighted by Gasteiger charge is 2.37. The minimum atomic E-state index is 0.0509. The van der Waals surface area contributed by atoms with Gasteiger partial charge in [0.05, 0.1) is 13.2 Å². The Hall–Kier alpha value is -0.120. The van der Waals surface area contributed by atoms with Gasteiger partial charge in [-0.2, -0.15) is 0 Å². The lowest BCUT2D eigenvalue weighted by molar-refractivity contribution is 0.170. The summed E-state index contributed by atoms with van der Waals surface area (Å²) >= 11 is 0. The summed E-state index contributed by atoms with van der Waals surface area (Å²) in [5, 5.41) is 8.42. The first-order valence-corrected chi connectivity index (χ1v) is 2.63. The molecule has 1 aliphatic rings. The first-order chi connectivity index (χ1) is 3.88. The molecule has 3 heteroatoms. The van der Waals surface area contributed by atoms with Crippen LogP contribution in [0.4, 0.5) is 0 Å². The summed E-state index contributed by atoms with van der Waals surface area (Å²) in [4.78, 5) is 0. The average molecular weight is 118 g/mol. The van der Waals surface area contributed by atoms with Gasteiger partial charge in [0.15, 0.2) is 0 Å². The molecular formula is C5H10O3. The second kappa shape index (κ2) is 2.44. The van der Waals surface area contributed by atoms with Crippen LogP contribution in [0.15, 0.2) is 0 Å². The van der Waals surface area contributed by atoms with Crippen molar-refractivity contribution < 1.29 is 14.6 Å². The van der Waals surface area contributed by atoms with E-state index in [-0.39, 0.29) is 18.8 Å². The molecule has 48 valence electrons. The van der Waals surface area contributed by atoms with Crippen molar-refractivity contribution in [1.29, 1.82) is 0 Å². The average Bonchev–Trinajstić information content (AvgIpc) is 2.48. The van der Waals surface area contributed by atoms with E-state index >= 15 is 0 Å². The molecule has 1 heterocycles. The lowest BCUT2D eigenvalue weighted by Gasteiger charge is -1.87. The summed E-state index contributed by atoms with van der Waals surface area (Å²) in [6.07, 6.45) is 0.208. The predicted molar refractivity (Wildman–Crippen MR) is 27.6 cm³/mol. The van der Waals surface area contributed by atoms with Gasteiger partial charge in [-0.3, -0.25) is 0 Å². The fourth-order valence-corrected chi connectivity index (χ4v) is 0.651. The van der Waals surface area contributed by atoms with Crippen molar-refractivity contribution in [2.45, 2.75) is 12.2 Å². The van der Waals surface area contributed by atoms with Crippen molar-refractivity contribution >= 4 is 0 Å². The molecule has 0 aromatic rings. The van der Waals surface area contributed by atoms with E-state index in [1.54, 1.807) is 7.11 Å². The van der Waals surface area contributed by atoms with Crippen LogP contribution < -0.4 is 0 Å². The van der Waals surface area contributed by atoms with E-state index in [1.807, 2.05) is 0 Å². The van der Waals surface area contributed by atoms with Crippen LogP contribution >= 0.6 is 0 Å². The third-order valence-electron chi connectivity index (χ3n) is 1.20. The zero-order valence-corrected chi connectivity index (χ0v) is 4.83. The molecule has 1 rings (SSSR count). The molecule has 0 unspecified atom stereocenters. The van der Waals surface area contributed by atoms with Crippen molar-refractivity contribution in [2.75, 3.05) is 20.3 Å². The number of rotatable bonds is 3. The third kappa shape index (κ3) is 1.18. The van der Waals surface area contributed by atoms with Crippen molar-refractivity contribution in [2.24, 2.45) is 0 Å². The van der Waals surface area contributed by atoms with E-state index < -0.39 is 0 Å². The van der Waals surface area contributed by atoms with Crippen LogP contribution in [0.1, 0.15) is 0 Å². The summed E-state index contributed by atoms with van der Waals surface area (Å²) in [5.41, 5.74) is 0. The molecule has 1 fully saturated rings. The summed E-state index contributed by atoms with van der Waals surface area (Å²) in [6.45, 7) is 0.721. The molecule has 1 aliphatic heterocycles. The zero-order chi connectivity index (χ0) is 5.98. The van der Waals surface area contributed by atoms with Crippen molar-refractivity contribution in [3.05, 3.63) is 0 Å². The Morgan fingerprint density at radius 2 is 2.38 bits per heavy atom. The Bertz CT molecular complexity index is 74.1. The van der Waals surface area contributed by atoms with Crippen molar-refractivity contribution in [3.8, 4) is 0 Å². The quantitative estimate of drug-likeness (QED) is 0.503. The summed E-state index contributed by atoms with van der Waals surface area (Å²) in [6, 6.07) is 0. The van der Waals surface area contributed by atoms with Gasteiger partial charge in [0.25, 0.3) is 0 Å². The Morgan fingerprint density at radius 1 is 1.62 bits per heavy atom. The van der Waals surface area contributed by atoms with E-state index in [0.717, 1.165) is 0 Å². The number of epoxide rings is 1. The van der Waals surface area contributed by atoms with E-state index in [2.05, 4.69) is 0 Å². The lowest BCUT2D eigenvalue weighted by atomic mass is 10.3. The van der Waals surface area contributed by atoms with E-state index in [9.17, 15) is 0 Å². The molecule has 8 heavy (non-hydrogen) atoms. The summed E-state index contributed by atoms with van der Waals surface area (Å²) in [7, 11) is 1.62. The van der Waals surface area contributed by atoms with Gasteiger partial charge < -0.3 is 14.6 Å². The SMILES string of the molecule is COC[C@@H]1O[C@@H]1CO. The molecule has 0 radical (unpaired) electrons. The Balaban J connectivity index is 1.99. The maximum Gasteiger partial charge on any atom is 0.110 e. The van der Waals surface area contributed by atoms with Crippen LogP contribution in [0.2, 0.25) is 0 Å². The van der Waals surface area contributed by atoms with Crippen LogP contribution in [0.5, 0.6) is 0 Å². The first-order valence-electron chi connectivity index (χ1n) is 2.63. The Morgan fingerprint density at radius 3 is 2.75 bits per heavy atom. The number of ether oxygens (including phenoxy) is 2. The smallest absolute Gasteiger partial charge is 0.110 e. The minimum Gasteiger partial charge on any atom is -0.394 e. The predicted octanol–water partition coefficient (Wildman–Crippen LogP) is -0.608. The minimum absolute atomic E-state index is 0.0509. The van der Waals surface area contributed by atoms with E-state index in [0.29, 0.717) is 6.61 Å². The van der Waals surface area contributed by atoms with E-state index in [1.165, 1.54) is 0 Å². The molecule has 3 nitrogen and oxygen atoms in total. The second-order valence-corrected chi connectivity index (χ2v) is 1.85. The maximum absolute atomic E-state index is 8.42. The summed E-state index contributed by atoms with van der Waals surface area (Å²) in [5.74, 6) is 0. The standard InChI is InChI=1S/C5H10O3/c1-7-3-5-4(2-6)8-5/h4-6H,2-3H2,1H3/t4-,5+/m1/s1. The molecule has 0 aromatic carbocycles. The highest BCUT2D eigenvalue weighted by Crippen LogP contribution is 2.20. The van der Waals surface area contributed by atoms with Gasteiger partial charge in [-0.1, -0.05) is 0 Å². The van der Waals surface area contributed by atoms with Crippen LogP contribution in [0, 0.1) is 0 Å². The number of hydrogen-bond acceptors (Lipinski definition) is 3. The fourth-order valence-electron chi connectivity index (χ4n) is 0.651. The number of hydrogen-bond donors (Lipinski definition) is 1. The largest absolute Gasteiger partial charge is 0.394 e. The molecule has 0 spiro atoms. The first kappa shape index (κ1) is 6.01. The molecule has 1 saturated heterocycles. The normalized spacial score (nSPS) is 35.2.